The van der Waals surface area contributed by atoms with E-state index in [1.54, 1.807) is 0 Å². The van der Waals surface area contributed by atoms with Gasteiger partial charge in [0, 0.05) is 20.1 Å². The lowest BCUT2D eigenvalue weighted by atomic mass is 10.4. The van der Waals surface area contributed by atoms with Crippen molar-refractivity contribution in [3.05, 3.63) is 12.1 Å². The lowest BCUT2D eigenvalue weighted by molar-refractivity contribution is 0.597. The number of aryl methyl sites for hydroxylation is 1. The first-order chi connectivity index (χ1) is 7.22. The van der Waals surface area contributed by atoms with E-state index in [0.717, 1.165) is 5.69 Å². The van der Waals surface area contributed by atoms with Crippen molar-refractivity contribution in [1.82, 2.24) is 15.0 Å². The van der Waals surface area contributed by atoms with Crippen molar-refractivity contribution in [2.24, 2.45) is 5.73 Å². The SMILES string of the molecule is Cc1nc(N(C)CCN)nc2ncoc12. The van der Waals surface area contributed by atoms with E-state index in [-0.39, 0.29) is 0 Å². The number of hydrogen-bond donors (Lipinski definition) is 1. The Morgan fingerprint density at radius 3 is 3.00 bits per heavy atom. The predicted octanol–water partition coefficient (Wildman–Crippen LogP) is 0.321. The molecule has 0 saturated heterocycles. The fraction of sp³-hybridized carbons (Fsp3) is 0.444. The van der Waals surface area contributed by atoms with Gasteiger partial charge in [0.05, 0.1) is 5.69 Å². The lowest BCUT2D eigenvalue weighted by Crippen LogP contribution is -2.26. The number of nitrogens with zero attached hydrogens (tertiary/aromatic N) is 4. The van der Waals surface area contributed by atoms with Crippen molar-refractivity contribution in [2.75, 3.05) is 25.0 Å². The van der Waals surface area contributed by atoms with Crippen LogP contribution in [0.5, 0.6) is 0 Å². The molecule has 2 aromatic heterocycles. The fourth-order valence-corrected chi connectivity index (χ4v) is 1.35. The highest BCUT2D eigenvalue weighted by molar-refractivity contribution is 5.71. The second kappa shape index (κ2) is 3.82. The van der Waals surface area contributed by atoms with Crippen LogP contribution in [0.3, 0.4) is 0 Å². The molecule has 6 nitrogen and oxygen atoms in total. The van der Waals surface area contributed by atoms with Gasteiger partial charge in [-0.05, 0) is 6.92 Å². The van der Waals surface area contributed by atoms with Gasteiger partial charge in [-0.2, -0.15) is 9.97 Å². The predicted molar refractivity (Wildman–Crippen MR) is 56.7 cm³/mol. The zero-order valence-electron chi connectivity index (χ0n) is 8.77. The van der Waals surface area contributed by atoms with Gasteiger partial charge in [0.1, 0.15) is 0 Å². The van der Waals surface area contributed by atoms with Crippen LogP contribution in [0.25, 0.3) is 11.2 Å². The molecule has 2 N–H and O–H groups in total. The highest BCUT2D eigenvalue weighted by atomic mass is 16.3. The van der Waals surface area contributed by atoms with Gasteiger partial charge in [0.25, 0.3) is 0 Å². The first-order valence-corrected chi connectivity index (χ1v) is 4.71. The monoisotopic (exact) mass is 207 g/mol. The number of nitrogens with two attached hydrogens (primary N) is 1. The molecule has 0 unspecified atom stereocenters. The fourth-order valence-electron chi connectivity index (χ4n) is 1.35. The van der Waals surface area contributed by atoms with Crippen molar-refractivity contribution in [3.8, 4) is 0 Å². The summed E-state index contributed by atoms with van der Waals surface area (Å²) in [5, 5.41) is 0. The van der Waals surface area contributed by atoms with E-state index >= 15 is 0 Å². The molecule has 2 heterocycles. The average molecular weight is 207 g/mol. The molecule has 6 heteroatoms. The highest BCUT2D eigenvalue weighted by Gasteiger charge is 2.10. The second-order valence-electron chi connectivity index (χ2n) is 3.32. The summed E-state index contributed by atoms with van der Waals surface area (Å²) >= 11 is 0. The third-order valence-corrected chi connectivity index (χ3v) is 2.16. The summed E-state index contributed by atoms with van der Waals surface area (Å²) in [7, 11) is 1.90. The van der Waals surface area contributed by atoms with Gasteiger partial charge in [0.15, 0.2) is 12.0 Å². The number of anilines is 1. The molecule has 0 atom stereocenters. The van der Waals surface area contributed by atoms with E-state index in [0.29, 0.717) is 30.3 Å². The average Bonchev–Trinajstić information content (AvgIpc) is 2.66. The van der Waals surface area contributed by atoms with Gasteiger partial charge in [-0.3, -0.25) is 0 Å². The van der Waals surface area contributed by atoms with Crippen LogP contribution in [0.4, 0.5) is 5.95 Å². The van der Waals surface area contributed by atoms with E-state index in [9.17, 15) is 0 Å². The maximum atomic E-state index is 5.47. The largest absolute Gasteiger partial charge is 0.440 e. The Kier molecular flexibility index (Phi) is 2.51. The molecule has 0 fully saturated rings. The van der Waals surface area contributed by atoms with Crippen molar-refractivity contribution < 1.29 is 4.42 Å². The zero-order valence-corrected chi connectivity index (χ0v) is 8.77. The molecule has 15 heavy (non-hydrogen) atoms. The number of aromatic nitrogens is 3. The third-order valence-electron chi connectivity index (χ3n) is 2.16. The van der Waals surface area contributed by atoms with Crippen molar-refractivity contribution in [3.63, 3.8) is 0 Å². The Morgan fingerprint density at radius 2 is 2.27 bits per heavy atom. The van der Waals surface area contributed by atoms with Crippen molar-refractivity contribution in [2.45, 2.75) is 6.92 Å². The van der Waals surface area contributed by atoms with E-state index < -0.39 is 0 Å². The summed E-state index contributed by atoms with van der Waals surface area (Å²) in [6.45, 7) is 3.15. The van der Waals surface area contributed by atoms with Gasteiger partial charge >= 0.3 is 0 Å². The summed E-state index contributed by atoms with van der Waals surface area (Å²) in [6, 6.07) is 0. The normalized spacial score (nSPS) is 10.9. The van der Waals surface area contributed by atoms with Gasteiger partial charge in [-0.25, -0.2) is 4.98 Å². The summed E-state index contributed by atoms with van der Waals surface area (Å²) in [6.07, 6.45) is 1.37. The van der Waals surface area contributed by atoms with Crippen LogP contribution >= 0.6 is 0 Å². The maximum absolute atomic E-state index is 5.47. The van der Waals surface area contributed by atoms with Crippen molar-refractivity contribution >= 4 is 17.2 Å². The van der Waals surface area contributed by atoms with E-state index in [2.05, 4.69) is 15.0 Å². The van der Waals surface area contributed by atoms with Gasteiger partial charge in [-0.15, -0.1) is 0 Å². The molecule has 0 bridgehead atoms. The third kappa shape index (κ3) is 1.75. The number of rotatable bonds is 3. The van der Waals surface area contributed by atoms with Crippen molar-refractivity contribution in [1.29, 1.82) is 0 Å². The number of likely N-dealkylation sites (N-methyl/N-ethyl adjacent to an activating group) is 1. The number of hydrogen-bond acceptors (Lipinski definition) is 6. The molecule has 2 rings (SSSR count). The topological polar surface area (TPSA) is 81.1 Å². The first-order valence-electron chi connectivity index (χ1n) is 4.71. The van der Waals surface area contributed by atoms with Gasteiger partial charge in [0.2, 0.25) is 11.6 Å². The van der Waals surface area contributed by atoms with Crippen LogP contribution in [0.15, 0.2) is 10.8 Å². The van der Waals surface area contributed by atoms with Crippen LogP contribution in [0.2, 0.25) is 0 Å². The molecular weight excluding hydrogens is 194 g/mol. The van der Waals surface area contributed by atoms with Crippen LogP contribution in [0.1, 0.15) is 5.69 Å². The Morgan fingerprint density at radius 1 is 1.47 bits per heavy atom. The molecule has 0 saturated carbocycles. The summed E-state index contributed by atoms with van der Waals surface area (Å²) < 4.78 is 5.16. The standard InChI is InChI=1S/C9H13N5O/c1-6-7-8(11-5-15-7)13-9(12-6)14(2)4-3-10/h5H,3-4,10H2,1-2H3. The van der Waals surface area contributed by atoms with E-state index in [4.69, 9.17) is 10.2 Å². The molecule has 0 aliphatic rings. The minimum atomic E-state index is 0.565. The smallest absolute Gasteiger partial charge is 0.227 e. The van der Waals surface area contributed by atoms with Crippen LogP contribution in [-0.2, 0) is 0 Å². The Balaban J connectivity index is 2.44. The molecule has 0 aliphatic heterocycles. The minimum absolute atomic E-state index is 0.565. The zero-order chi connectivity index (χ0) is 10.8. The molecule has 0 radical (unpaired) electrons. The minimum Gasteiger partial charge on any atom is -0.440 e. The van der Waals surface area contributed by atoms with Gasteiger partial charge in [-0.1, -0.05) is 0 Å². The Bertz CT molecular complexity index is 466. The second-order valence-corrected chi connectivity index (χ2v) is 3.32. The number of fused-ring (bicyclic) bond motifs is 1. The van der Waals surface area contributed by atoms with Crippen LogP contribution in [0, 0.1) is 6.92 Å². The first kappa shape index (κ1) is 9.85. The van der Waals surface area contributed by atoms with E-state index in [1.807, 2.05) is 18.9 Å². The van der Waals surface area contributed by atoms with Crippen LogP contribution in [-0.4, -0.2) is 35.1 Å². The molecule has 0 aromatic carbocycles. The number of oxazole rings is 1. The maximum Gasteiger partial charge on any atom is 0.227 e. The summed E-state index contributed by atoms with van der Waals surface area (Å²) in [5.74, 6) is 0.624. The Labute approximate surface area is 87.1 Å². The van der Waals surface area contributed by atoms with Gasteiger partial charge < -0.3 is 15.1 Å². The Hall–Kier alpha value is -1.69. The quantitative estimate of drug-likeness (QED) is 0.780. The molecular formula is C9H13N5O. The molecule has 0 spiro atoms. The molecule has 0 amide bonds. The molecule has 80 valence electrons. The summed E-state index contributed by atoms with van der Waals surface area (Å²) in [5.41, 5.74) is 7.48. The van der Waals surface area contributed by atoms with Crippen LogP contribution < -0.4 is 10.6 Å². The lowest BCUT2D eigenvalue weighted by Gasteiger charge is -2.15. The van der Waals surface area contributed by atoms with E-state index in [1.165, 1.54) is 6.39 Å². The molecule has 2 aromatic rings. The molecule has 0 aliphatic carbocycles. The highest BCUT2D eigenvalue weighted by Crippen LogP contribution is 2.16. The summed E-state index contributed by atoms with van der Waals surface area (Å²) in [4.78, 5) is 14.5.